The van der Waals surface area contributed by atoms with Crippen molar-refractivity contribution in [2.75, 3.05) is 12.4 Å². The van der Waals surface area contributed by atoms with E-state index in [9.17, 15) is 0 Å². The first-order valence-electron chi connectivity index (χ1n) is 4.53. The molecule has 2 aromatic rings. The molecule has 0 aromatic carbocycles. The number of anilines is 1. The summed E-state index contributed by atoms with van der Waals surface area (Å²) in [4.78, 5) is 12.7. The molecule has 0 aliphatic heterocycles. The third-order valence-corrected chi connectivity index (χ3v) is 2.95. The third-order valence-electron chi connectivity index (χ3n) is 1.94. The first-order valence-corrected chi connectivity index (χ1v) is 5.98. The van der Waals surface area contributed by atoms with Gasteiger partial charge in [0.1, 0.15) is 11.5 Å². The fraction of sp³-hybridized carbons (Fsp3) is 0.100. The van der Waals surface area contributed by atoms with Gasteiger partial charge in [-0.2, -0.15) is 0 Å². The number of hydrogen-bond acceptors (Lipinski definition) is 4. The van der Waals surface area contributed by atoms with Crippen LogP contribution in [-0.2, 0) is 0 Å². The number of nitrogens with one attached hydrogen (secondary N) is 1. The molecule has 6 heteroatoms. The van der Waals surface area contributed by atoms with Gasteiger partial charge in [-0.3, -0.25) is 4.98 Å². The first-order chi connectivity index (χ1) is 7.70. The summed E-state index contributed by atoms with van der Waals surface area (Å²) in [7, 11) is 1.82. The van der Waals surface area contributed by atoms with E-state index in [1.807, 2.05) is 7.05 Å². The molecule has 0 saturated carbocycles. The molecule has 0 aliphatic rings. The summed E-state index contributed by atoms with van der Waals surface area (Å²) in [6.07, 6.45) is 3.34. The summed E-state index contributed by atoms with van der Waals surface area (Å²) < 4.78 is 0.970. The number of aromatic nitrogens is 3. The molecule has 2 rings (SSSR count). The van der Waals surface area contributed by atoms with Crippen LogP contribution in [0.15, 0.2) is 24.5 Å². The quantitative estimate of drug-likeness (QED) is 0.850. The molecule has 4 nitrogen and oxygen atoms in total. The number of hydrogen-bond donors (Lipinski definition) is 1. The second-order valence-electron chi connectivity index (χ2n) is 3.00. The van der Waals surface area contributed by atoms with E-state index >= 15 is 0 Å². The van der Waals surface area contributed by atoms with Crippen molar-refractivity contribution in [2.45, 2.75) is 0 Å². The van der Waals surface area contributed by atoms with E-state index in [-0.39, 0.29) is 0 Å². The van der Waals surface area contributed by atoms with Gasteiger partial charge in [0.25, 0.3) is 0 Å². The van der Waals surface area contributed by atoms with Crippen LogP contribution in [0.5, 0.6) is 0 Å². The highest BCUT2D eigenvalue weighted by Crippen LogP contribution is 2.19. The molecule has 0 aliphatic carbocycles. The van der Waals surface area contributed by atoms with Crippen LogP contribution < -0.4 is 5.32 Å². The minimum atomic E-state index is 0.585. The van der Waals surface area contributed by atoms with E-state index in [1.54, 1.807) is 24.5 Å². The second kappa shape index (κ2) is 4.92. The Hall–Kier alpha value is -0.950. The molecule has 0 amide bonds. The maximum absolute atomic E-state index is 5.77. The smallest absolute Gasteiger partial charge is 0.180 e. The molecule has 82 valence electrons. The molecule has 0 bridgehead atoms. The van der Waals surface area contributed by atoms with Crippen molar-refractivity contribution in [1.82, 2.24) is 15.0 Å². The Bertz CT molecular complexity index is 501. The first kappa shape index (κ1) is 11.5. The number of rotatable bonds is 2. The highest BCUT2D eigenvalue weighted by atomic mass is 127. The van der Waals surface area contributed by atoms with Crippen LogP contribution in [0.3, 0.4) is 0 Å². The molecule has 0 unspecified atom stereocenters. The Morgan fingerprint density at radius 2 is 2.06 bits per heavy atom. The molecule has 16 heavy (non-hydrogen) atoms. The van der Waals surface area contributed by atoms with Crippen molar-refractivity contribution in [2.24, 2.45) is 0 Å². The van der Waals surface area contributed by atoms with Crippen LogP contribution in [0.4, 0.5) is 5.82 Å². The van der Waals surface area contributed by atoms with Crippen LogP contribution in [0, 0.1) is 3.57 Å². The summed E-state index contributed by atoms with van der Waals surface area (Å²) in [6.45, 7) is 0. The zero-order chi connectivity index (χ0) is 11.5. The van der Waals surface area contributed by atoms with E-state index in [0.717, 1.165) is 9.39 Å². The Morgan fingerprint density at radius 1 is 1.25 bits per heavy atom. The minimum absolute atomic E-state index is 0.585. The average molecular weight is 347 g/mol. The van der Waals surface area contributed by atoms with E-state index < -0.39 is 0 Å². The summed E-state index contributed by atoms with van der Waals surface area (Å²) >= 11 is 7.94. The topological polar surface area (TPSA) is 50.7 Å². The minimum Gasteiger partial charge on any atom is -0.372 e. The Kier molecular flexibility index (Phi) is 3.55. The number of nitrogens with zero attached hydrogens (tertiary/aromatic N) is 3. The SMILES string of the molecule is CNc1nc(-c2ccc(Cl)cn2)ncc1I. The van der Waals surface area contributed by atoms with Gasteiger partial charge in [-0.1, -0.05) is 11.6 Å². The summed E-state index contributed by atoms with van der Waals surface area (Å²) in [5, 5.41) is 3.60. The van der Waals surface area contributed by atoms with Gasteiger partial charge in [-0.25, -0.2) is 9.97 Å². The molecular weight excluding hydrogens is 338 g/mol. The van der Waals surface area contributed by atoms with Gasteiger partial charge in [-0.15, -0.1) is 0 Å². The van der Waals surface area contributed by atoms with Crippen LogP contribution >= 0.6 is 34.2 Å². The lowest BCUT2D eigenvalue weighted by molar-refractivity contribution is 1.12. The molecule has 0 spiro atoms. The zero-order valence-corrected chi connectivity index (χ0v) is 11.3. The van der Waals surface area contributed by atoms with Gasteiger partial charge >= 0.3 is 0 Å². The zero-order valence-electron chi connectivity index (χ0n) is 8.41. The highest BCUT2D eigenvalue weighted by molar-refractivity contribution is 14.1. The van der Waals surface area contributed by atoms with Crippen molar-refractivity contribution >= 4 is 40.0 Å². The van der Waals surface area contributed by atoms with Crippen LogP contribution in [0.2, 0.25) is 5.02 Å². The maximum Gasteiger partial charge on any atom is 0.180 e. The summed E-state index contributed by atoms with van der Waals surface area (Å²) in [5.41, 5.74) is 0.706. The summed E-state index contributed by atoms with van der Waals surface area (Å²) in [6, 6.07) is 3.56. The Morgan fingerprint density at radius 3 is 2.69 bits per heavy atom. The highest BCUT2D eigenvalue weighted by Gasteiger charge is 2.06. The van der Waals surface area contributed by atoms with Gasteiger partial charge < -0.3 is 5.32 Å². The van der Waals surface area contributed by atoms with Gasteiger partial charge in [0.2, 0.25) is 0 Å². The van der Waals surface area contributed by atoms with Crippen LogP contribution in [0.25, 0.3) is 11.5 Å². The fourth-order valence-electron chi connectivity index (χ4n) is 1.17. The third kappa shape index (κ3) is 2.41. The molecular formula is C10H8ClIN4. The molecule has 2 heterocycles. The van der Waals surface area contributed by atoms with Crippen LogP contribution in [-0.4, -0.2) is 22.0 Å². The standard InChI is InChI=1S/C10H8ClIN4/c1-13-9-7(12)5-15-10(16-9)8-3-2-6(11)4-14-8/h2-5H,1H3,(H,13,15,16). The van der Waals surface area contributed by atoms with E-state index in [0.29, 0.717) is 16.5 Å². The number of halogens is 2. The lowest BCUT2D eigenvalue weighted by atomic mass is 10.3. The summed E-state index contributed by atoms with van der Waals surface area (Å²) in [5.74, 6) is 1.38. The van der Waals surface area contributed by atoms with Gasteiger partial charge in [0.15, 0.2) is 5.82 Å². The van der Waals surface area contributed by atoms with Gasteiger partial charge in [0, 0.05) is 19.4 Å². The largest absolute Gasteiger partial charge is 0.372 e. The predicted molar refractivity (Wildman–Crippen MR) is 72.5 cm³/mol. The molecule has 0 fully saturated rings. The van der Waals surface area contributed by atoms with Crippen molar-refractivity contribution in [1.29, 1.82) is 0 Å². The van der Waals surface area contributed by atoms with Gasteiger partial charge in [-0.05, 0) is 34.7 Å². The Labute approximate surface area is 112 Å². The van der Waals surface area contributed by atoms with Crippen LogP contribution in [0.1, 0.15) is 0 Å². The van der Waals surface area contributed by atoms with Gasteiger partial charge in [0.05, 0.1) is 8.59 Å². The monoisotopic (exact) mass is 346 g/mol. The van der Waals surface area contributed by atoms with E-state index in [1.165, 1.54) is 0 Å². The molecule has 1 N–H and O–H groups in total. The van der Waals surface area contributed by atoms with Crippen molar-refractivity contribution < 1.29 is 0 Å². The molecule has 0 saturated heterocycles. The van der Waals surface area contributed by atoms with E-state index in [2.05, 4.69) is 42.9 Å². The number of pyridine rings is 1. The lowest BCUT2D eigenvalue weighted by Crippen LogP contribution is -2.00. The molecule has 0 radical (unpaired) electrons. The van der Waals surface area contributed by atoms with Crippen molar-refractivity contribution in [3.8, 4) is 11.5 Å². The molecule has 0 atom stereocenters. The predicted octanol–water partition coefficient (Wildman–Crippen LogP) is 2.84. The van der Waals surface area contributed by atoms with E-state index in [4.69, 9.17) is 11.6 Å². The fourth-order valence-corrected chi connectivity index (χ4v) is 1.82. The van der Waals surface area contributed by atoms with Crippen molar-refractivity contribution in [3.05, 3.63) is 33.1 Å². The molecule has 2 aromatic heterocycles. The second-order valence-corrected chi connectivity index (χ2v) is 4.60. The Balaban J connectivity index is 2.44. The van der Waals surface area contributed by atoms with Crippen molar-refractivity contribution in [3.63, 3.8) is 0 Å². The maximum atomic E-state index is 5.77. The lowest BCUT2D eigenvalue weighted by Gasteiger charge is -2.04. The average Bonchev–Trinajstić information content (AvgIpc) is 2.31. The normalized spacial score (nSPS) is 10.2.